The van der Waals surface area contributed by atoms with E-state index in [1.54, 1.807) is 0 Å². The zero-order valence-electron chi connectivity index (χ0n) is 9.99. The number of hydrogen-bond donors (Lipinski definition) is 3. The predicted molar refractivity (Wildman–Crippen MR) is 66.9 cm³/mol. The number of hydrogen-bond acceptors (Lipinski definition) is 4. The minimum Gasteiger partial charge on any atom is -0.408 e. The van der Waals surface area contributed by atoms with Crippen LogP contribution in [0.1, 0.15) is 24.9 Å². The molecule has 1 heterocycles. The number of nitrogens with one attached hydrogen (secondary N) is 2. The predicted octanol–water partition coefficient (Wildman–Crippen LogP) is 1.12. The minimum atomic E-state index is -0.426. The van der Waals surface area contributed by atoms with Gasteiger partial charge in [0.05, 0.1) is 5.52 Å². The molecule has 2 rings (SSSR count). The Bertz CT molecular complexity index is 556. The van der Waals surface area contributed by atoms with Gasteiger partial charge < -0.3 is 15.5 Å². The second-order valence-corrected chi connectivity index (χ2v) is 4.32. The Kier molecular flexibility index (Phi) is 3.31. The van der Waals surface area contributed by atoms with Crippen LogP contribution < -0.4 is 16.8 Å². The van der Waals surface area contributed by atoms with Crippen molar-refractivity contribution in [3.8, 4) is 0 Å². The lowest BCUT2D eigenvalue weighted by atomic mass is 10.0. The highest BCUT2D eigenvalue weighted by Crippen LogP contribution is 2.21. The van der Waals surface area contributed by atoms with Crippen molar-refractivity contribution in [2.24, 2.45) is 5.73 Å². The van der Waals surface area contributed by atoms with E-state index >= 15 is 0 Å². The molecule has 2 aromatic rings. The molecule has 0 radical (unpaired) electrons. The molecule has 0 aliphatic rings. The molecule has 0 bridgehead atoms. The van der Waals surface area contributed by atoms with Crippen LogP contribution in [0.25, 0.3) is 11.1 Å². The number of benzene rings is 1. The van der Waals surface area contributed by atoms with Crippen molar-refractivity contribution in [3.05, 3.63) is 34.3 Å². The standard InChI is InChI=1S/C12H17N3O2/c1-7(13)5-10(14-2)8-3-4-9-11(6-8)17-12(16)15-9/h3-4,6-7,10,14H,5,13H2,1-2H3,(H,15,16). The summed E-state index contributed by atoms with van der Waals surface area (Å²) >= 11 is 0. The van der Waals surface area contributed by atoms with Gasteiger partial charge in [0, 0.05) is 12.1 Å². The Hall–Kier alpha value is -1.59. The third-order valence-corrected chi connectivity index (χ3v) is 2.80. The Morgan fingerprint density at radius 3 is 2.94 bits per heavy atom. The molecular formula is C12H17N3O2. The zero-order valence-corrected chi connectivity index (χ0v) is 9.99. The summed E-state index contributed by atoms with van der Waals surface area (Å²) in [5.74, 6) is -0.426. The summed E-state index contributed by atoms with van der Waals surface area (Å²) in [6, 6.07) is 5.97. The summed E-state index contributed by atoms with van der Waals surface area (Å²) in [6.07, 6.45) is 0.830. The lowest BCUT2D eigenvalue weighted by Crippen LogP contribution is -2.25. The van der Waals surface area contributed by atoms with Crippen LogP contribution in [-0.4, -0.2) is 18.1 Å². The van der Waals surface area contributed by atoms with Gasteiger partial charge in [-0.1, -0.05) is 6.07 Å². The molecule has 0 aliphatic heterocycles. The summed E-state index contributed by atoms with van der Waals surface area (Å²) < 4.78 is 5.04. The van der Waals surface area contributed by atoms with Gasteiger partial charge in [-0.2, -0.15) is 0 Å². The second kappa shape index (κ2) is 4.73. The summed E-state index contributed by atoms with van der Waals surface area (Å²) in [4.78, 5) is 13.7. The highest BCUT2D eigenvalue weighted by atomic mass is 16.4. The first-order valence-electron chi connectivity index (χ1n) is 5.65. The van der Waals surface area contributed by atoms with E-state index in [9.17, 15) is 4.79 Å². The van der Waals surface area contributed by atoms with E-state index in [-0.39, 0.29) is 12.1 Å². The lowest BCUT2D eigenvalue weighted by Gasteiger charge is -2.18. The van der Waals surface area contributed by atoms with Crippen molar-refractivity contribution in [1.29, 1.82) is 0 Å². The average Bonchev–Trinajstić information content (AvgIpc) is 2.64. The molecule has 5 nitrogen and oxygen atoms in total. The van der Waals surface area contributed by atoms with Crippen LogP contribution in [0, 0.1) is 0 Å². The number of fused-ring (bicyclic) bond motifs is 1. The molecule has 0 aliphatic carbocycles. The average molecular weight is 235 g/mol. The Balaban J connectivity index is 2.36. The van der Waals surface area contributed by atoms with Gasteiger partial charge in [-0.3, -0.25) is 4.98 Å². The molecule has 1 aromatic carbocycles. The molecular weight excluding hydrogens is 218 g/mol. The number of H-pyrrole nitrogens is 1. The minimum absolute atomic E-state index is 0.112. The first-order chi connectivity index (χ1) is 8.10. The van der Waals surface area contributed by atoms with Gasteiger partial charge in [0.1, 0.15) is 0 Å². The van der Waals surface area contributed by atoms with Crippen LogP contribution in [0.3, 0.4) is 0 Å². The Morgan fingerprint density at radius 2 is 2.29 bits per heavy atom. The van der Waals surface area contributed by atoms with Gasteiger partial charge in [0.25, 0.3) is 0 Å². The Labute approximate surface area is 99.0 Å². The molecule has 4 N–H and O–H groups in total. The van der Waals surface area contributed by atoms with Gasteiger partial charge in [0.2, 0.25) is 0 Å². The number of rotatable bonds is 4. The van der Waals surface area contributed by atoms with Crippen LogP contribution in [0.4, 0.5) is 0 Å². The molecule has 5 heteroatoms. The maximum Gasteiger partial charge on any atom is 0.417 e. The zero-order chi connectivity index (χ0) is 12.4. The molecule has 0 spiro atoms. The molecule has 1 aromatic heterocycles. The molecule has 0 saturated carbocycles. The van der Waals surface area contributed by atoms with Crippen molar-refractivity contribution < 1.29 is 4.42 Å². The largest absolute Gasteiger partial charge is 0.417 e. The van der Waals surface area contributed by atoms with E-state index < -0.39 is 5.76 Å². The summed E-state index contributed by atoms with van der Waals surface area (Å²) in [5.41, 5.74) is 8.17. The molecule has 17 heavy (non-hydrogen) atoms. The normalized spacial score (nSPS) is 15.0. The van der Waals surface area contributed by atoms with Crippen molar-refractivity contribution in [3.63, 3.8) is 0 Å². The second-order valence-electron chi connectivity index (χ2n) is 4.32. The van der Waals surface area contributed by atoms with Gasteiger partial charge in [0.15, 0.2) is 5.58 Å². The lowest BCUT2D eigenvalue weighted by molar-refractivity contribution is 0.498. The molecule has 2 unspecified atom stereocenters. The fourth-order valence-electron chi connectivity index (χ4n) is 1.97. The molecule has 0 amide bonds. The first-order valence-corrected chi connectivity index (χ1v) is 5.65. The third kappa shape index (κ3) is 2.57. The van der Waals surface area contributed by atoms with E-state index in [2.05, 4.69) is 10.3 Å². The fraction of sp³-hybridized carbons (Fsp3) is 0.417. The number of aromatic nitrogens is 1. The quantitative estimate of drug-likeness (QED) is 0.741. The SMILES string of the molecule is CNC(CC(C)N)c1ccc2[nH]c(=O)oc2c1. The van der Waals surface area contributed by atoms with Crippen LogP contribution in [0.5, 0.6) is 0 Å². The molecule has 0 saturated heterocycles. The van der Waals surface area contributed by atoms with Crippen molar-refractivity contribution in [1.82, 2.24) is 10.3 Å². The van der Waals surface area contributed by atoms with Crippen molar-refractivity contribution in [2.45, 2.75) is 25.4 Å². The van der Waals surface area contributed by atoms with E-state index in [4.69, 9.17) is 10.2 Å². The highest BCUT2D eigenvalue weighted by molar-refractivity contribution is 5.72. The van der Waals surface area contributed by atoms with Gasteiger partial charge in [-0.25, -0.2) is 4.79 Å². The van der Waals surface area contributed by atoms with Crippen LogP contribution in [-0.2, 0) is 0 Å². The van der Waals surface area contributed by atoms with Gasteiger partial charge in [-0.05, 0) is 38.1 Å². The van der Waals surface area contributed by atoms with Gasteiger partial charge >= 0.3 is 5.76 Å². The maximum atomic E-state index is 11.1. The molecule has 92 valence electrons. The van der Waals surface area contributed by atoms with Crippen LogP contribution in [0.15, 0.2) is 27.4 Å². The fourth-order valence-corrected chi connectivity index (χ4v) is 1.97. The van der Waals surface area contributed by atoms with E-state index in [0.29, 0.717) is 5.58 Å². The third-order valence-electron chi connectivity index (χ3n) is 2.80. The molecule has 0 fully saturated rings. The van der Waals surface area contributed by atoms with Crippen molar-refractivity contribution in [2.75, 3.05) is 7.05 Å². The monoisotopic (exact) mass is 235 g/mol. The number of nitrogens with two attached hydrogens (primary N) is 1. The summed E-state index contributed by atoms with van der Waals surface area (Å²) in [6.45, 7) is 1.97. The first kappa shape index (κ1) is 11.9. The van der Waals surface area contributed by atoms with E-state index in [1.165, 1.54) is 0 Å². The Morgan fingerprint density at radius 1 is 1.53 bits per heavy atom. The topological polar surface area (TPSA) is 84.0 Å². The maximum absolute atomic E-state index is 11.1. The van der Waals surface area contributed by atoms with Crippen molar-refractivity contribution >= 4 is 11.1 Å². The smallest absolute Gasteiger partial charge is 0.408 e. The number of oxazole rings is 1. The number of aromatic amines is 1. The summed E-state index contributed by atoms with van der Waals surface area (Å²) in [5, 5.41) is 3.21. The molecule has 2 atom stereocenters. The van der Waals surface area contributed by atoms with E-state index in [1.807, 2.05) is 32.2 Å². The highest BCUT2D eigenvalue weighted by Gasteiger charge is 2.13. The van der Waals surface area contributed by atoms with Crippen LogP contribution in [0.2, 0.25) is 0 Å². The van der Waals surface area contributed by atoms with Gasteiger partial charge in [-0.15, -0.1) is 0 Å². The summed E-state index contributed by atoms with van der Waals surface area (Å²) in [7, 11) is 1.89. The van der Waals surface area contributed by atoms with E-state index in [0.717, 1.165) is 17.5 Å². The van der Waals surface area contributed by atoms with Crippen LogP contribution >= 0.6 is 0 Å².